The third kappa shape index (κ3) is 3.14. The van der Waals surface area contributed by atoms with Crippen molar-refractivity contribution in [2.75, 3.05) is 18.0 Å². The number of benzene rings is 1. The first-order valence-electron chi connectivity index (χ1n) is 11.6. The van der Waals surface area contributed by atoms with Crippen LogP contribution in [0.25, 0.3) is 5.69 Å². The van der Waals surface area contributed by atoms with E-state index in [0.717, 1.165) is 55.7 Å². The van der Waals surface area contributed by atoms with Crippen LogP contribution in [0.3, 0.4) is 0 Å². The molecule has 0 N–H and O–H groups in total. The lowest BCUT2D eigenvalue weighted by atomic mass is 9.57. The van der Waals surface area contributed by atoms with Crippen molar-refractivity contribution in [2.24, 2.45) is 5.41 Å². The van der Waals surface area contributed by atoms with Gasteiger partial charge in [0.2, 0.25) is 5.95 Å². The van der Waals surface area contributed by atoms with Crippen LogP contribution in [0.4, 0.5) is 5.95 Å². The molecule has 8 nitrogen and oxygen atoms in total. The standard InChI is InChI=1S/C24H23ClN8/c25-17-1-4-20-15(7-17)11-31(19-2-3-19)12-21-29-30-22(33(20)21)16-8-24(9-16)13-32(14-24)23-27-6-5-18(10-26)28-23/h1,4-7,16,19H,2-3,8-9,11-14H2. The van der Waals surface area contributed by atoms with Gasteiger partial charge in [0.15, 0.2) is 5.82 Å². The Labute approximate surface area is 196 Å². The molecule has 1 spiro atoms. The average Bonchev–Trinajstić information content (AvgIpc) is 3.55. The Bertz CT molecular complexity index is 1290. The molecule has 0 radical (unpaired) electrons. The Balaban J connectivity index is 1.13. The summed E-state index contributed by atoms with van der Waals surface area (Å²) in [5.41, 5.74) is 3.14. The van der Waals surface area contributed by atoms with E-state index in [0.29, 0.717) is 23.6 Å². The number of rotatable bonds is 3. The van der Waals surface area contributed by atoms with E-state index in [1.165, 1.54) is 24.1 Å². The van der Waals surface area contributed by atoms with Crippen molar-refractivity contribution in [1.29, 1.82) is 5.26 Å². The molecular weight excluding hydrogens is 436 g/mol. The molecule has 0 bridgehead atoms. The van der Waals surface area contributed by atoms with Crippen LogP contribution in [-0.2, 0) is 13.1 Å². The highest BCUT2D eigenvalue weighted by atomic mass is 35.5. The lowest BCUT2D eigenvalue weighted by Gasteiger charge is -2.58. The van der Waals surface area contributed by atoms with Crippen molar-refractivity contribution in [2.45, 2.75) is 50.7 Å². The molecule has 0 atom stereocenters. The second kappa shape index (κ2) is 6.99. The number of nitrogens with zero attached hydrogens (tertiary/aromatic N) is 8. The van der Waals surface area contributed by atoms with Gasteiger partial charge in [-0.3, -0.25) is 9.47 Å². The molecule has 3 aromatic rings. The van der Waals surface area contributed by atoms with E-state index in [-0.39, 0.29) is 5.41 Å². The largest absolute Gasteiger partial charge is 0.340 e. The molecule has 2 aliphatic heterocycles. The predicted molar refractivity (Wildman–Crippen MR) is 122 cm³/mol. The topological polar surface area (TPSA) is 86.8 Å². The second-order valence-corrected chi connectivity index (χ2v) is 10.5. The molecule has 4 aliphatic rings. The smallest absolute Gasteiger partial charge is 0.226 e. The molecule has 0 amide bonds. The van der Waals surface area contributed by atoms with Crippen LogP contribution in [-0.4, -0.2) is 48.8 Å². The molecule has 33 heavy (non-hydrogen) atoms. The normalized spacial score (nSPS) is 21.5. The van der Waals surface area contributed by atoms with Gasteiger partial charge in [0.25, 0.3) is 0 Å². The molecule has 4 heterocycles. The van der Waals surface area contributed by atoms with Gasteiger partial charge >= 0.3 is 0 Å². The fourth-order valence-corrected chi connectivity index (χ4v) is 6.10. The summed E-state index contributed by atoms with van der Waals surface area (Å²) in [6.45, 7) is 3.61. The minimum atomic E-state index is 0.288. The molecule has 2 aliphatic carbocycles. The second-order valence-electron chi connectivity index (χ2n) is 10.0. The summed E-state index contributed by atoms with van der Waals surface area (Å²) in [5.74, 6) is 3.18. The quantitative estimate of drug-likeness (QED) is 0.594. The van der Waals surface area contributed by atoms with Gasteiger partial charge < -0.3 is 4.90 Å². The number of anilines is 1. The first kappa shape index (κ1) is 19.4. The Morgan fingerprint density at radius 3 is 2.73 bits per heavy atom. The summed E-state index contributed by atoms with van der Waals surface area (Å²) in [5, 5.41) is 19.2. The highest BCUT2D eigenvalue weighted by Crippen LogP contribution is 2.56. The lowest BCUT2D eigenvalue weighted by molar-refractivity contribution is 0.0574. The third-order valence-electron chi connectivity index (χ3n) is 7.64. The number of aromatic nitrogens is 5. The minimum absolute atomic E-state index is 0.288. The van der Waals surface area contributed by atoms with Gasteiger partial charge in [-0.05, 0) is 55.5 Å². The molecule has 7 rings (SSSR count). The van der Waals surface area contributed by atoms with Gasteiger partial charge in [0.05, 0.1) is 12.2 Å². The van der Waals surface area contributed by atoms with E-state index in [1.54, 1.807) is 12.3 Å². The Hall–Kier alpha value is -3.02. The van der Waals surface area contributed by atoms with Crippen LogP contribution < -0.4 is 4.90 Å². The highest BCUT2D eigenvalue weighted by molar-refractivity contribution is 6.30. The maximum absolute atomic E-state index is 9.10. The zero-order chi connectivity index (χ0) is 22.2. The summed E-state index contributed by atoms with van der Waals surface area (Å²) >= 11 is 6.37. The van der Waals surface area contributed by atoms with E-state index < -0.39 is 0 Å². The van der Waals surface area contributed by atoms with Crippen molar-refractivity contribution < 1.29 is 0 Å². The lowest BCUT2D eigenvalue weighted by Crippen LogP contribution is -2.62. The van der Waals surface area contributed by atoms with Gasteiger partial charge in [0.1, 0.15) is 17.6 Å². The minimum Gasteiger partial charge on any atom is -0.340 e. The number of fused-ring (bicyclic) bond motifs is 3. The van der Waals surface area contributed by atoms with Crippen LogP contribution in [0.15, 0.2) is 30.5 Å². The Morgan fingerprint density at radius 2 is 1.94 bits per heavy atom. The van der Waals surface area contributed by atoms with Crippen LogP contribution in [0.5, 0.6) is 0 Å². The van der Waals surface area contributed by atoms with E-state index >= 15 is 0 Å². The van der Waals surface area contributed by atoms with Gasteiger partial charge in [0, 0.05) is 48.2 Å². The van der Waals surface area contributed by atoms with Crippen LogP contribution in [0, 0.1) is 16.7 Å². The third-order valence-corrected chi connectivity index (χ3v) is 7.87. The molecule has 1 aromatic carbocycles. The average molecular weight is 459 g/mol. The number of hydrogen-bond donors (Lipinski definition) is 0. The summed E-state index contributed by atoms with van der Waals surface area (Å²) < 4.78 is 2.31. The monoisotopic (exact) mass is 458 g/mol. The van der Waals surface area contributed by atoms with Gasteiger partial charge in [-0.15, -0.1) is 10.2 Å². The van der Waals surface area contributed by atoms with Crippen LogP contribution in [0.2, 0.25) is 5.02 Å². The predicted octanol–water partition coefficient (Wildman–Crippen LogP) is 3.44. The zero-order valence-corrected chi connectivity index (χ0v) is 18.9. The van der Waals surface area contributed by atoms with Crippen LogP contribution in [0.1, 0.15) is 54.5 Å². The van der Waals surface area contributed by atoms with E-state index in [9.17, 15) is 0 Å². The zero-order valence-electron chi connectivity index (χ0n) is 18.2. The van der Waals surface area contributed by atoms with E-state index in [1.807, 2.05) is 6.07 Å². The molecule has 166 valence electrons. The molecular formula is C24H23ClN8. The van der Waals surface area contributed by atoms with Crippen molar-refractivity contribution in [3.8, 4) is 11.8 Å². The number of halogens is 1. The summed E-state index contributed by atoms with van der Waals surface area (Å²) in [4.78, 5) is 13.4. The van der Waals surface area contributed by atoms with Crippen molar-refractivity contribution >= 4 is 17.5 Å². The summed E-state index contributed by atoms with van der Waals surface area (Å²) in [7, 11) is 0. The maximum atomic E-state index is 9.10. The fraction of sp³-hybridized carbons (Fsp3) is 0.458. The molecule has 0 unspecified atom stereocenters. The Kier molecular flexibility index (Phi) is 4.12. The SMILES string of the molecule is N#Cc1ccnc(N2CC3(CC(c4nnc5n4-c4ccc(Cl)cc4CN(C4CC4)C5)C3)C2)n1. The van der Waals surface area contributed by atoms with E-state index in [2.05, 4.69) is 47.6 Å². The Morgan fingerprint density at radius 1 is 1.09 bits per heavy atom. The van der Waals surface area contributed by atoms with Crippen LogP contribution >= 0.6 is 11.6 Å². The van der Waals surface area contributed by atoms with Crippen molar-refractivity contribution in [3.05, 3.63) is 58.4 Å². The van der Waals surface area contributed by atoms with E-state index in [4.69, 9.17) is 22.0 Å². The summed E-state index contributed by atoms with van der Waals surface area (Å²) in [6, 6.07) is 10.6. The van der Waals surface area contributed by atoms with Gasteiger partial charge in [-0.1, -0.05) is 11.6 Å². The molecule has 9 heteroatoms. The first-order chi connectivity index (χ1) is 16.1. The maximum Gasteiger partial charge on any atom is 0.226 e. The van der Waals surface area contributed by atoms with Crippen molar-refractivity contribution in [3.63, 3.8) is 0 Å². The molecule has 3 fully saturated rings. The molecule has 2 saturated carbocycles. The first-order valence-corrected chi connectivity index (χ1v) is 11.9. The van der Waals surface area contributed by atoms with Crippen molar-refractivity contribution in [1.82, 2.24) is 29.6 Å². The number of hydrogen-bond acceptors (Lipinski definition) is 7. The fourth-order valence-electron chi connectivity index (χ4n) is 5.91. The highest BCUT2D eigenvalue weighted by Gasteiger charge is 2.55. The molecule has 2 aromatic heterocycles. The molecule has 1 saturated heterocycles. The summed E-state index contributed by atoms with van der Waals surface area (Å²) in [6.07, 6.45) is 6.37. The number of nitriles is 1. The van der Waals surface area contributed by atoms with Gasteiger partial charge in [-0.25, -0.2) is 9.97 Å². The van der Waals surface area contributed by atoms with Gasteiger partial charge in [-0.2, -0.15) is 5.26 Å².